The van der Waals surface area contributed by atoms with Crippen molar-refractivity contribution < 1.29 is 19.1 Å². The maximum Gasteiger partial charge on any atom is 0.263 e. The summed E-state index contributed by atoms with van der Waals surface area (Å²) in [5, 5.41) is 6.14. The van der Waals surface area contributed by atoms with Gasteiger partial charge in [-0.05, 0) is 48.6 Å². The maximum absolute atomic E-state index is 12.3. The molecule has 130 valence electrons. The predicted octanol–water partition coefficient (Wildman–Crippen LogP) is 2.80. The van der Waals surface area contributed by atoms with Crippen molar-refractivity contribution in [2.45, 2.75) is 19.9 Å². The average Bonchev–Trinajstić information content (AvgIpc) is 3.28. The van der Waals surface area contributed by atoms with Gasteiger partial charge in [0.15, 0.2) is 18.1 Å². The van der Waals surface area contributed by atoms with Gasteiger partial charge in [-0.15, -0.1) is 11.3 Å². The van der Waals surface area contributed by atoms with Gasteiger partial charge in [0.25, 0.3) is 5.91 Å². The van der Waals surface area contributed by atoms with Crippen LogP contribution in [0.4, 0.5) is 0 Å². The summed E-state index contributed by atoms with van der Waals surface area (Å²) in [6.45, 7) is 3.41. The fraction of sp³-hybridized carbons (Fsp3) is 0.333. The van der Waals surface area contributed by atoms with Crippen molar-refractivity contribution in [3.8, 4) is 11.5 Å². The zero-order valence-electron chi connectivity index (χ0n) is 13.9. The van der Waals surface area contributed by atoms with Crippen molar-refractivity contribution in [2.75, 3.05) is 19.9 Å². The zero-order chi connectivity index (χ0) is 17.2. The lowest BCUT2D eigenvalue weighted by Crippen LogP contribution is -2.37. The molecule has 0 aliphatic carbocycles. The Morgan fingerprint density at radius 3 is 3.12 bits per heavy atom. The second-order valence-electron chi connectivity index (χ2n) is 5.95. The number of oxime groups is 1. The molecule has 3 heterocycles. The van der Waals surface area contributed by atoms with Gasteiger partial charge in [-0.25, -0.2) is 0 Å². The number of fused-ring (bicyclic) bond motifs is 2. The molecule has 6 nitrogen and oxygen atoms in total. The van der Waals surface area contributed by atoms with Crippen LogP contribution in [-0.2, 0) is 22.6 Å². The van der Waals surface area contributed by atoms with E-state index in [9.17, 15) is 4.79 Å². The molecule has 1 aromatic heterocycles. The molecule has 0 bridgehead atoms. The normalized spacial score (nSPS) is 15.9. The van der Waals surface area contributed by atoms with Crippen molar-refractivity contribution in [3.05, 3.63) is 45.6 Å². The highest BCUT2D eigenvalue weighted by molar-refractivity contribution is 7.10. The molecule has 2 aromatic rings. The molecule has 0 saturated heterocycles. The molecule has 1 aromatic carbocycles. The summed E-state index contributed by atoms with van der Waals surface area (Å²) in [6, 6.07) is 7.67. The first-order valence-corrected chi connectivity index (χ1v) is 8.98. The van der Waals surface area contributed by atoms with Gasteiger partial charge in [-0.2, -0.15) is 0 Å². The van der Waals surface area contributed by atoms with Crippen LogP contribution < -0.4 is 9.47 Å². The van der Waals surface area contributed by atoms with Crippen LogP contribution in [0.5, 0.6) is 11.5 Å². The van der Waals surface area contributed by atoms with Crippen molar-refractivity contribution in [2.24, 2.45) is 5.16 Å². The van der Waals surface area contributed by atoms with E-state index in [-0.39, 0.29) is 19.3 Å². The summed E-state index contributed by atoms with van der Waals surface area (Å²) in [5.41, 5.74) is 2.80. The van der Waals surface area contributed by atoms with Crippen molar-refractivity contribution in [3.63, 3.8) is 0 Å². The Labute approximate surface area is 149 Å². The first kappa shape index (κ1) is 16.0. The van der Waals surface area contributed by atoms with E-state index in [0.717, 1.165) is 24.3 Å². The lowest BCUT2D eigenvalue weighted by Gasteiger charge is -2.26. The van der Waals surface area contributed by atoms with Gasteiger partial charge in [0.05, 0.1) is 5.71 Å². The van der Waals surface area contributed by atoms with Crippen LogP contribution >= 0.6 is 11.3 Å². The quantitative estimate of drug-likeness (QED) is 0.623. The molecular formula is C18H18N2O4S. The van der Waals surface area contributed by atoms with Gasteiger partial charge in [0.2, 0.25) is 6.79 Å². The molecular weight excluding hydrogens is 340 g/mol. The molecule has 25 heavy (non-hydrogen) atoms. The fourth-order valence-electron chi connectivity index (χ4n) is 2.91. The maximum atomic E-state index is 12.3. The molecule has 0 saturated carbocycles. The molecule has 4 rings (SSSR count). The number of amides is 1. The van der Waals surface area contributed by atoms with Gasteiger partial charge >= 0.3 is 0 Å². The minimum Gasteiger partial charge on any atom is -0.454 e. The lowest BCUT2D eigenvalue weighted by molar-refractivity contribution is -0.137. The second kappa shape index (κ2) is 6.76. The number of ether oxygens (including phenoxy) is 2. The van der Waals surface area contributed by atoms with Crippen LogP contribution in [0.1, 0.15) is 22.9 Å². The third-order valence-corrected chi connectivity index (χ3v) is 5.36. The van der Waals surface area contributed by atoms with E-state index in [1.165, 1.54) is 10.4 Å². The Hall–Kier alpha value is -2.54. The van der Waals surface area contributed by atoms with Crippen LogP contribution in [0.3, 0.4) is 0 Å². The molecule has 2 aliphatic rings. The summed E-state index contributed by atoms with van der Waals surface area (Å²) >= 11 is 1.76. The van der Waals surface area contributed by atoms with Crippen LogP contribution in [0.15, 0.2) is 34.8 Å². The number of hydrogen-bond acceptors (Lipinski definition) is 6. The van der Waals surface area contributed by atoms with Crippen LogP contribution in [-0.4, -0.2) is 36.5 Å². The zero-order valence-corrected chi connectivity index (χ0v) is 14.7. The van der Waals surface area contributed by atoms with E-state index in [4.69, 9.17) is 14.3 Å². The van der Waals surface area contributed by atoms with Gasteiger partial charge in [-0.1, -0.05) is 5.16 Å². The highest BCUT2D eigenvalue weighted by Crippen LogP contribution is 2.32. The van der Waals surface area contributed by atoms with Crippen LogP contribution in [0, 0.1) is 0 Å². The molecule has 0 radical (unpaired) electrons. The molecule has 0 spiro atoms. The van der Waals surface area contributed by atoms with Crippen molar-refractivity contribution in [1.82, 2.24) is 4.90 Å². The highest BCUT2D eigenvalue weighted by Gasteiger charge is 2.21. The number of rotatable bonds is 4. The number of carbonyl (C=O) groups is 1. The topological polar surface area (TPSA) is 60.4 Å². The molecule has 1 amide bonds. The van der Waals surface area contributed by atoms with E-state index in [1.54, 1.807) is 11.3 Å². The molecule has 0 N–H and O–H groups in total. The fourth-order valence-corrected chi connectivity index (χ4v) is 3.80. The number of carbonyl (C=O) groups excluding carboxylic acids is 1. The van der Waals surface area contributed by atoms with Crippen molar-refractivity contribution >= 4 is 23.0 Å². The minimum atomic E-state index is -0.0542. The number of hydrogen-bond donors (Lipinski definition) is 0. The third-order valence-electron chi connectivity index (χ3n) is 4.34. The van der Waals surface area contributed by atoms with Crippen LogP contribution in [0.2, 0.25) is 0 Å². The SMILES string of the molecule is C/C(=N\OCC(=O)N1CCc2sccc2C1)c1ccc2c(c1)OCO2. The van der Waals surface area contributed by atoms with Crippen molar-refractivity contribution in [1.29, 1.82) is 0 Å². The molecule has 2 aliphatic heterocycles. The second-order valence-corrected chi connectivity index (χ2v) is 6.95. The Morgan fingerprint density at radius 2 is 2.20 bits per heavy atom. The first-order chi connectivity index (χ1) is 12.2. The monoisotopic (exact) mass is 358 g/mol. The van der Waals surface area contributed by atoms with E-state index < -0.39 is 0 Å². The average molecular weight is 358 g/mol. The van der Waals surface area contributed by atoms with Gasteiger partial charge in [0, 0.05) is 23.5 Å². The summed E-state index contributed by atoms with van der Waals surface area (Å²) < 4.78 is 10.6. The van der Waals surface area contributed by atoms with Gasteiger partial charge in [-0.3, -0.25) is 4.79 Å². The third kappa shape index (κ3) is 3.32. The summed E-state index contributed by atoms with van der Waals surface area (Å²) in [7, 11) is 0. The standard InChI is InChI=1S/C18H18N2O4S/c1-12(13-2-3-15-16(8-13)23-11-22-15)19-24-10-18(21)20-6-4-17-14(9-20)5-7-25-17/h2-3,5,7-8H,4,6,9-11H2,1H3/b19-12+. The minimum absolute atomic E-state index is 0.0425. The van der Waals surface area contributed by atoms with E-state index in [1.807, 2.05) is 30.0 Å². The number of benzene rings is 1. The highest BCUT2D eigenvalue weighted by atomic mass is 32.1. The van der Waals surface area contributed by atoms with Gasteiger partial charge < -0.3 is 19.2 Å². The summed E-state index contributed by atoms with van der Waals surface area (Å²) in [5.74, 6) is 1.38. The predicted molar refractivity (Wildman–Crippen MR) is 94.2 cm³/mol. The Bertz CT molecular complexity index is 830. The Morgan fingerprint density at radius 1 is 1.32 bits per heavy atom. The number of thiophene rings is 1. The van der Waals surface area contributed by atoms with E-state index >= 15 is 0 Å². The molecule has 7 heteroatoms. The summed E-state index contributed by atoms with van der Waals surface area (Å²) in [6.07, 6.45) is 0.915. The summed E-state index contributed by atoms with van der Waals surface area (Å²) in [4.78, 5) is 20.8. The van der Waals surface area contributed by atoms with Crippen LogP contribution in [0.25, 0.3) is 0 Å². The Balaban J connectivity index is 1.33. The smallest absolute Gasteiger partial charge is 0.263 e. The first-order valence-electron chi connectivity index (χ1n) is 8.10. The molecule has 0 fully saturated rings. The largest absolute Gasteiger partial charge is 0.454 e. The van der Waals surface area contributed by atoms with E-state index in [0.29, 0.717) is 18.0 Å². The molecule has 0 unspecified atom stereocenters. The van der Waals surface area contributed by atoms with Gasteiger partial charge in [0.1, 0.15) is 0 Å². The molecule has 0 atom stereocenters. The lowest BCUT2D eigenvalue weighted by atomic mass is 10.1. The van der Waals surface area contributed by atoms with E-state index in [2.05, 4.69) is 16.6 Å². The Kier molecular flexibility index (Phi) is 4.31. The number of nitrogens with zero attached hydrogens (tertiary/aromatic N) is 2.